The Morgan fingerprint density at radius 1 is 1.19 bits per heavy atom. The summed E-state index contributed by atoms with van der Waals surface area (Å²) in [5.74, 6) is 2.51. The Kier molecular flexibility index (Phi) is 4.47. The third-order valence-corrected chi connectivity index (χ3v) is 5.06. The van der Waals surface area contributed by atoms with Gasteiger partial charge in [0.2, 0.25) is 0 Å². The van der Waals surface area contributed by atoms with Gasteiger partial charge in [-0.05, 0) is 49.1 Å². The van der Waals surface area contributed by atoms with Crippen molar-refractivity contribution in [1.82, 2.24) is 10.6 Å². The summed E-state index contributed by atoms with van der Waals surface area (Å²) in [5.41, 5.74) is 3.01. The Labute approximate surface area is 128 Å². The van der Waals surface area contributed by atoms with Crippen molar-refractivity contribution in [3.63, 3.8) is 0 Å². The van der Waals surface area contributed by atoms with Crippen molar-refractivity contribution in [3.8, 4) is 0 Å². The number of aliphatic imine (C=N–C) groups is 1. The first-order valence-electron chi connectivity index (χ1n) is 8.31. The van der Waals surface area contributed by atoms with E-state index in [9.17, 15) is 0 Å². The lowest BCUT2D eigenvalue weighted by molar-refractivity contribution is 0.329. The van der Waals surface area contributed by atoms with Crippen LogP contribution in [0.1, 0.15) is 49.7 Å². The van der Waals surface area contributed by atoms with E-state index >= 15 is 0 Å². The van der Waals surface area contributed by atoms with E-state index in [4.69, 9.17) is 0 Å². The zero-order valence-electron chi connectivity index (χ0n) is 13.2. The molecule has 0 bridgehead atoms. The van der Waals surface area contributed by atoms with Crippen LogP contribution in [0.2, 0.25) is 0 Å². The fourth-order valence-corrected chi connectivity index (χ4v) is 3.56. The zero-order chi connectivity index (χ0) is 14.7. The van der Waals surface area contributed by atoms with Crippen LogP contribution >= 0.6 is 0 Å². The molecule has 0 aromatic heterocycles. The molecular formula is C18H27N3. The molecule has 0 radical (unpaired) electrons. The quantitative estimate of drug-likeness (QED) is 0.661. The second-order valence-corrected chi connectivity index (χ2v) is 6.65. The minimum absolute atomic E-state index is 0.598. The molecule has 1 unspecified atom stereocenters. The van der Waals surface area contributed by atoms with Crippen LogP contribution in [0.3, 0.4) is 0 Å². The van der Waals surface area contributed by atoms with Gasteiger partial charge >= 0.3 is 0 Å². The summed E-state index contributed by atoms with van der Waals surface area (Å²) in [6.45, 7) is 3.34. The first kappa shape index (κ1) is 14.4. The highest BCUT2D eigenvalue weighted by Gasteiger charge is 2.25. The van der Waals surface area contributed by atoms with Gasteiger partial charge in [-0.25, -0.2) is 0 Å². The van der Waals surface area contributed by atoms with Crippen molar-refractivity contribution < 1.29 is 0 Å². The average molecular weight is 285 g/mol. The van der Waals surface area contributed by atoms with E-state index in [2.05, 4.69) is 46.8 Å². The standard InChI is InChI=1S/C18H27N3/c1-13-7-9-16(10-8-13)21-18(19-2)20-12-15-11-14-5-3-4-6-17(14)15/h3-6,13,15-16H,7-12H2,1-2H3,(H2,19,20,21). The maximum absolute atomic E-state index is 4.38. The molecule has 3 heteroatoms. The Balaban J connectivity index is 1.46. The van der Waals surface area contributed by atoms with Crippen molar-refractivity contribution in [3.05, 3.63) is 35.4 Å². The van der Waals surface area contributed by atoms with Crippen LogP contribution < -0.4 is 10.6 Å². The third-order valence-electron chi connectivity index (χ3n) is 5.06. The summed E-state index contributed by atoms with van der Waals surface area (Å²) in [4.78, 5) is 4.38. The fourth-order valence-electron chi connectivity index (χ4n) is 3.56. The lowest BCUT2D eigenvalue weighted by Crippen LogP contribution is -2.46. The maximum atomic E-state index is 4.38. The van der Waals surface area contributed by atoms with Crippen molar-refractivity contribution in [2.45, 2.75) is 51.0 Å². The zero-order valence-corrected chi connectivity index (χ0v) is 13.2. The predicted molar refractivity (Wildman–Crippen MR) is 88.8 cm³/mol. The molecule has 3 rings (SSSR count). The molecule has 1 atom stereocenters. The summed E-state index contributed by atoms with van der Waals surface area (Å²) in [7, 11) is 1.87. The molecule has 0 aliphatic heterocycles. The number of hydrogen-bond acceptors (Lipinski definition) is 1. The number of nitrogens with zero attached hydrogens (tertiary/aromatic N) is 1. The van der Waals surface area contributed by atoms with Gasteiger partial charge in [-0.1, -0.05) is 31.2 Å². The van der Waals surface area contributed by atoms with Crippen molar-refractivity contribution in [2.75, 3.05) is 13.6 Å². The first-order chi connectivity index (χ1) is 10.3. The summed E-state index contributed by atoms with van der Waals surface area (Å²) < 4.78 is 0. The summed E-state index contributed by atoms with van der Waals surface area (Å²) in [5, 5.41) is 7.10. The number of hydrogen-bond donors (Lipinski definition) is 2. The Morgan fingerprint density at radius 3 is 2.67 bits per heavy atom. The number of rotatable bonds is 3. The number of guanidine groups is 1. The molecule has 0 heterocycles. The van der Waals surface area contributed by atoms with Gasteiger partial charge in [0.1, 0.15) is 0 Å². The maximum Gasteiger partial charge on any atom is 0.191 e. The first-order valence-corrected chi connectivity index (χ1v) is 8.31. The highest BCUT2D eigenvalue weighted by molar-refractivity contribution is 5.80. The van der Waals surface area contributed by atoms with Crippen LogP contribution in [0, 0.1) is 5.92 Å². The molecule has 0 amide bonds. The van der Waals surface area contributed by atoms with Gasteiger partial charge in [-0.3, -0.25) is 4.99 Å². The second kappa shape index (κ2) is 6.50. The lowest BCUT2D eigenvalue weighted by Gasteiger charge is -2.32. The summed E-state index contributed by atoms with van der Waals surface area (Å²) >= 11 is 0. The van der Waals surface area contributed by atoms with Gasteiger partial charge < -0.3 is 10.6 Å². The van der Waals surface area contributed by atoms with Gasteiger partial charge in [0, 0.05) is 25.6 Å². The molecule has 1 fully saturated rings. The molecule has 2 N–H and O–H groups in total. The van der Waals surface area contributed by atoms with Crippen molar-refractivity contribution in [2.24, 2.45) is 10.9 Å². The van der Waals surface area contributed by atoms with Crippen LogP contribution in [0.5, 0.6) is 0 Å². The largest absolute Gasteiger partial charge is 0.356 e. The Hall–Kier alpha value is -1.51. The minimum Gasteiger partial charge on any atom is -0.356 e. The molecule has 1 aromatic rings. The van der Waals surface area contributed by atoms with Gasteiger partial charge in [-0.15, -0.1) is 0 Å². The van der Waals surface area contributed by atoms with E-state index in [0.29, 0.717) is 12.0 Å². The number of benzene rings is 1. The smallest absolute Gasteiger partial charge is 0.191 e. The molecule has 1 aromatic carbocycles. The van der Waals surface area contributed by atoms with Gasteiger partial charge in [0.15, 0.2) is 5.96 Å². The average Bonchev–Trinajstić information content (AvgIpc) is 2.49. The van der Waals surface area contributed by atoms with E-state index in [-0.39, 0.29) is 0 Å². The molecule has 2 aliphatic carbocycles. The molecule has 1 saturated carbocycles. The van der Waals surface area contributed by atoms with Gasteiger partial charge in [-0.2, -0.15) is 0 Å². The Morgan fingerprint density at radius 2 is 1.95 bits per heavy atom. The molecule has 0 saturated heterocycles. The van der Waals surface area contributed by atoms with E-state index in [1.165, 1.54) is 43.2 Å². The molecule has 2 aliphatic rings. The number of fused-ring (bicyclic) bond motifs is 1. The second-order valence-electron chi connectivity index (χ2n) is 6.65. The van der Waals surface area contributed by atoms with Crippen LogP contribution in [0.25, 0.3) is 0 Å². The van der Waals surface area contributed by atoms with E-state index in [0.717, 1.165) is 18.4 Å². The molecule has 0 spiro atoms. The van der Waals surface area contributed by atoms with Gasteiger partial charge in [0.05, 0.1) is 0 Å². The lowest BCUT2D eigenvalue weighted by atomic mass is 9.78. The van der Waals surface area contributed by atoms with Crippen LogP contribution in [0.15, 0.2) is 29.3 Å². The third kappa shape index (κ3) is 3.39. The molecule has 21 heavy (non-hydrogen) atoms. The van der Waals surface area contributed by atoms with E-state index in [1.54, 1.807) is 0 Å². The highest BCUT2D eigenvalue weighted by Crippen LogP contribution is 2.33. The van der Waals surface area contributed by atoms with Crippen LogP contribution in [0.4, 0.5) is 0 Å². The highest BCUT2D eigenvalue weighted by atomic mass is 15.2. The SMILES string of the molecule is CN=C(NCC1Cc2ccccc21)NC1CCC(C)CC1. The fraction of sp³-hybridized carbons (Fsp3) is 0.611. The molecule has 3 nitrogen and oxygen atoms in total. The minimum atomic E-state index is 0.598. The molecule has 114 valence electrons. The summed E-state index contributed by atoms with van der Waals surface area (Å²) in [6.07, 6.45) is 6.42. The monoisotopic (exact) mass is 285 g/mol. The molecular weight excluding hydrogens is 258 g/mol. The number of nitrogens with one attached hydrogen (secondary N) is 2. The van der Waals surface area contributed by atoms with Crippen LogP contribution in [-0.4, -0.2) is 25.6 Å². The van der Waals surface area contributed by atoms with E-state index < -0.39 is 0 Å². The Bertz CT molecular complexity index is 501. The van der Waals surface area contributed by atoms with Gasteiger partial charge in [0.25, 0.3) is 0 Å². The predicted octanol–water partition coefficient (Wildman–Crippen LogP) is 3.07. The van der Waals surface area contributed by atoms with Crippen molar-refractivity contribution in [1.29, 1.82) is 0 Å². The normalized spacial score (nSPS) is 28.5. The van der Waals surface area contributed by atoms with Crippen LogP contribution in [-0.2, 0) is 6.42 Å². The van der Waals surface area contributed by atoms with Crippen molar-refractivity contribution >= 4 is 5.96 Å². The van der Waals surface area contributed by atoms with E-state index in [1.807, 2.05) is 7.05 Å². The summed E-state index contributed by atoms with van der Waals surface area (Å²) in [6, 6.07) is 9.36. The topological polar surface area (TPSA) is 36.4 Å².